The third kappa shape index (κ3) is 3.19. The summed E-state index contributed by atoms with van der Waals surface area (Å²) < 4.78 is 5.43. The lowest BCUT2D eigenvalue weighted by atomic mass is 10.2. The summed E-state index contributed by atoms with van der Waals surface area (Å²) in [5.74, 6) is 1.98. The Labute approximate surface area is 106 Å². The number of nitrogens with zero attached hydrogens (tertiary/aromatic N) is 1. The van der Waals surface area contributed by atoms with Crippen LogP contribution >= 0.6 is 11.8 Å². The number of urea groups is 1. The average molecular weight is 254 g/mol. The lowest BCUT2D eigenvalue weighted by Gasteiger charge is -2.20. The number of rotatable bonds is 2. The number of hydrogen-bond acceptors (Lipinski definition) is 3. The lowest BCUT2D eigenvalue weighted by molar-refractivity contribution is 0.201. The Morgan fingerprint density at radius 2 is 2.53 bits per heavy atom. The van der Waals surface area contributed by atoms with E-state index >= 15 is 0 Å². The summed E-state index contributed by atoms with van der Waals surface area (Å²) in [5, 5.41) is 3.23. The third-order valence-electron chi connectivity index (χ3n) is 2.82. The summed E-state index contributed by atoms with van der Waals surface area (Å²) in [6.45, 7) is 4.23. The van der Waals surface area contributed by atoms with Crippen molar-refractivity contribution in [1.29, 1.82) is 0 Å². The van der Waals surface area contributed by atoms with Gasteiger partial charge in [0.1, 0.15) is 5.76 Å². The Morgan fingerprint density at radius 1 is 1.65 bits per heavy atom. The normalized spacial score (nSPS) is 21.0. The van der Waals surface area contributed by atoms with E-state index in [0.717, 1.165) is 31.0 Å². The van der Waals surface area contributed by atoms with E-state index in [1.807, 2.05) is 35.7 Å². The molecule has 1 aromatic rings. The van der Waals surface area contributed by atoms with Crippen molar-refractivity contribution >= 4 is 17.8 Å². The summed E-state index contributed by atoms with van der Waals surface area (Å²) in [4.78, 5) is 13.6. The maximum atomic E-state index is 11.7. The molecule has 0 saturated carbocycles. The first-order valence-corrected chi connectivity index (χ1v) is 7.04. The molecule has 0 radical (unpaired) electrons. The maximum Gasteiger partial charge on any atom is 0.317 e. The van der Waals surface area contributed by atoms with Gasteiger partial charge in [0.05, 0.1) is 11.5 Å². The van der Waals surface area contributed by atoms with Crippen molar-refractivity contribution in [3.05, 3.63) is 24.2 Å². The number of carbonyl (C=O) groups excluding carboxylic acids is 1. The molecule has 2 amide bonds. The minimum Gasteiger partial charge on any atom is -0.468 e. The molecule has 94 valence electrons. The molecule has 0 bridgehead atoms. The Morgan fingerprint density at radius 3 is 3.24 bits per heavy atom. The molecule has 1 aliphatic heterocycles. The van der Waals surface area contributed by atoms with Gasteiger partial charge in [-0.05, 0) is 25.5 Å². The van der Waals surface area contributed by atoms with Crippen molar-refractivity contribution in [3.63, 3.8) is 0 Å². The van der Waals surface area contributed by atoms with Gasteiger partial charge in [-0.3, -0.25) is 0 Å². The largest absolute Gasteiger partial charge is 0.468 e. The summed E-state index contributed by atoms with van der Waals surface area (Å²) in [7, 11) is 0. The van der Waals surface area contributed by atoms with Crippen molar-refractivity contribution in [2.45, 2.75) is 18.6 Å². The topological polar surface area (TPSA) is 45.5 Å². The molecule has 1 aliphatic rings. The molecule has 4 nitrogen and oxygen atoms in total. The van der Waals surface area contributed by atoms with Crippen LogP contribution in [-0.2, 0) is 0 Å². The van der Waals surface area contributed by atoms with Gasteiger partial charge in [0, 0.05) is 25.4 Å². The van der Waals surface area contributed by atoms with E-state index in [-0.39, 0.29) is 6.03 Å². The quantitative estimate of drug-likeness (QED) is 0.882. The van der Waals surface area contributed by atoms with Crippen molar-refractivity contribution in [1.82, 2.24) is 10.2 Å². The van der Waals surface area contributed by atoms with Crippen molar-refractivity contribution < 1.29 is 9.21 Å². The Kier molecular flexibility index (Phi) is 4.36. The highest BCUT2D eigenvalue weighted by atomic mass is 32.2. The first-order valence-electron chi connectivity index (χ1n) is 5.99. The molecular weight excluding hydrogens is 236 g/mol. The highest BCUT2D eigenvalue weighted by molar-refractivity contribution is 7.99. The first-order chi connectivity index (χ1) is 8.31. The highest BCUT2D eigenvalue weighted by Crippen LogP contribution is 2.34. The monoisotopic (exact) mass is 254 g/mol. The molecule has 1 atom stereocenters. The fourth-order valence-electron chi connectivity index (χ4n) is 1.94. The molecule has 17 heavy (non-hydrogen) atoms. The van der Waals surface area contributed by atoms with E-state index in [9.17, 15) is 4.79 Å². The van der Waals surface area contributed by atoms with Gasteiger partial charge < -0.3 is 14.6 Å². The number of furan rings is 1. The van der Waals surface area contributed by atoms with Gasteiger partial charge in [-0.25, -0.2) is 4.79 Å². The number of thioether (sulfide) groups is 1. The predicted octanol–water partition coefficient (Wildman–Crippen LogP) is 2.49. The van der Waals surface area contributed by atoms with E-state index in [2.05, 4.69) is 5.32 Å². The average Bonchev–Trinajstić information content (AvgIpc) is 2.74. The van der Waals surface area contributed by atoms with Crippen LogP contribution in [0.4, 0.5) is 4.79 Å². The van der Waals surface area contributed by atoms with Gasteiger partial charge in [0.15, 0.2) is 0 Å². The van der Waals surface area contributed by atoms with Crippen LogP contribution in [-0.4, -0.2) is 36.3 Å². The molecular formula is C12H18N2O2S. The number of hydrogen-bond donors (Lipinski definition) is 1. The zero-order valence-corrected chi connectivity index (χ0v) is 10.8. The van der Waals surface area contributed by atoms with Gasteiger partial charge in [-0.2, -0.15) is 0 Å². The Balaban J connectivity index is 1.91. The van der Waals surface area contributed by atoms with Crippen molar-refractivity contribution in [2.24, 2.45) is 0 Å². The molecule has 1 fully saturated rings. The van der Waals surface area contributed by atoms with Gasteiger partial charge in [-0.15, -0.1) is 11.8 Å². The smallest absolute Gasteiger partial charge is 0.317 e. The van der Waals surface area contributed by atoms with E-state index in [1.54, 1.807) is 6.26 Å². The van der Waals surface area contributed by atoms with Crippen LogP contribution in [0, 0.1) is 0 Å². The zero-order valence-electron chi connectivity index (χ0n) is 10.0. The van der Waals surface area contributed by atoms with Gasteiger partial charge >= 0.3 is 6.03 Å². The van der Waals surface area contributed by atoms with E-state index in [0.29, 0.717) is 11.8 Å². The second kappa shape index (κ2) is 6.00. The molecule has 1 N–H and O–H groups in total. The molecule has 0 spiro atoms. The van der Waals surface area contributed by atoms with Gasteiger partial charge in [-0.1, -0.05) is 0 Å². The molecule has 2 rings (SSSR count). The Hall–Kier alpha value is -1.10. The minimum absolute atomic E-state index is 0.0493. The highest BCUT2D eigenvalue weighted by Gasteiger charge is 2.22. The number of carbonyl (C=O) groups is 1. The summed E-state index contributed by atoms with van der Waals surface area (Å²) >= 11 is 1.87. The van der Waals surface area contributed by atoms with Crippen LogP contribution in [0.3, 0.4) is 0 Å². The van der Waals surface area contributed by atoms with Crippen molar-refractivity contribution in [2.75, 3.05) is 25.4 Å². The lowest BCUT2D eigenvalue weighted by Crippen LogP contribution is -2.41. The fourth-order valence-corrected chi connectivity index (χ4v) is 3.12. The number of nitrogens with one attached hydrogen (secondary N) is 1. The molecule has 1 aromatic heterocycles. The van der Waals surface area contributed by atoms with Crippen LogP contribution in [0.5, 0.6) is 0 Å². The molecule has 0 aliphatic carbocycles. The van der Waals surface area contributed by atoms with E-state index in [1.165, 1.54) is 0 Å². The van der Waals surface area contributed by atoms with Crippen LogP contribution in [0.15, 0.2) is 22.8 Å². The van der Waals surface area contributed by atoms with Gasteiger partial charge in [0.2, 0.25) is 0 Å². The predicted molar refractivity (Wildman–Crippen MR) is 69.2 cm³/mol. The van der Waals surface area contributed by atoms with Crippen LogP contribution in [0.25, 0.3) is 0 Å². The second-order valence-electron chi connectivity index (χ2n) is 3.99. The fraction of sp³-hybridized carbons (Fsp3) is 0.583. The van der Waals surface area contributed by atoms with Crippen molar-refractivity contribution in [3.8, 4) is 0 Å². The Bertz CT molecular complexity index is 353. The molecule has 1 saturated heterocycles. The molecule has 0 aromatic carbocycles. The summed E-state index contributed by atoms with van der Waals surface area (Å²) in [6, 6.07) is 3.98. The molecule has 1 unspecified atom stereocenters. The summed E-state index contributed by atoms with van der Waals surface area (Å²) in [6.07, 6.45) is 2.66. The van der Waals surface area contributed by atoms with Crippen LogP contribution < -0.4 is 5.32 Å². The van der Waals surface area contributed by atoms with Crippen LogP contribution in [0.2, 0.25) is 0 Å². The number of amides is 2. The van der Waals surface area contributed by atoms with E-state index < -0.39 is 0 Å². The van der Waals surface area contributed by atoms with Gasteiger partial charge in [0.25, 0.3) is 0 Å². The SMILES string of the molecule is CCNC(=O)N1CCSC(c2ccco2)CC1. The summed E-state index contributed by atoms with van der Waals surface area (Å²) in [5.41, 5.74) is 0. The first kappa shape index (κ1) is 12.4. The molecule has 2 heterocycles. The minimum atomic E-state index is 0.0493. The molecule has 5 heteroatoms. The standard InChI is InChI=1S/C12H18N2O2S/c1-2-13-12(15)14-6-5-11(17-9-7-14)10-4-3-8-16-10/h3-4,8,11H,2,5-7,9H2,1H3,(H,13,15). The zero-order chi connectivity index (χ0) is 12.1. The second-order valence-corrected chi connectivity index (χ2v) is 5.30. The maximum absolute atomic E-state index is 11.7. The van der Waals surface area contributed by atoms with E-state index in [4.69, 9.17) is 4.42 Å². The van der Waals surface area contributed by atoms with Crippen LogP contribution in [0.1, 0.15) is 24.4 Å². The third-order valence-corrected chi connectivity index (χ3v) is 4.11.